The van der Waals surface area contributed by atoms with Crippen molar-refractivity contribution in [1.29, 1.82) is 0 Å². The van der Waals surface area contributed by atoms with E-state index in [4.69, 9.17) is 5.11 Å². The molecule has 0 spiro atoms. The zero-order chi connectivity index (χ0) is 16.1. The van der Waals surface area contributed by atoms with E-state index in [9.17, 15) is 13.6 Å². The number of carbonyl (C=O) groups is 1. The van der Waals surface area contributed by atoms with Crippen molar-refractivity contribution in [1.82, 2.24) is 10.6 Å². The maximum absolute atomic E-state index is 13.7. The highest BCUT2D eigenvalue weighted by atomic mass is 19.1. The van der Waals surface area contributed by atoms with Gasteiger partial charge in [-0.15, -0.1) is 0 Å². The molecule has 3 N–H and O–H groups in total. The van der Waals surface area contributed by atoms with Gasteiger partial charge in [-0.05, 0) is 31.9 Å². The summed E-state index contributed by atoms with van der Waals surface area (Å²) in [6.07, 6.45) is 1.18. The molecule has 1 aromatic carbocycles. The number of aliphatic hydroxyl groups is 1. The van der Waals surface area contributed by atoms with Crippen LogP contribution in [0.1, 0.15) is 19.8 Å². The lowest BCUT2D eigenvalue weighted by atomic mass is 10.2. The number of halogens is 2. The monoisotopic (exact) mass is 313 g/mol. The van der Waals surface area contributed by atoms with Crippen LogP contribution in [0.3, 0.4) is 0 Å². The zero-order valence-corrected chi connectivity index (χ0v) is 12.5. The molecule has 1 aliphatic heterocycles. The van der Waals surface area contributed by atoms with Crippen molar-refractivity contribution in [2.24, 2.45) is 0 Å². The first-order chi connectivity index (χ1) is 10.5. The van der Waals surface area contributed by atoms with Crippen LogP contribution in [0, 0.1) is 11.6 Å². The molecular weight excluding hydrogens is 292 g/mol. The summed E-state index contributed by atoms with van der Waals surface area (Å²) < 4.78 is 26.7. The van der Waals surface area contributed by atoms with Gasteiger partial charge in [0, 0.05) is 37.8 Å². The molecule has 0 aromatic heterocycles. The minimum absolute atomic E-state index is 0.0164. The van der Waals surface area contributed by atoms with Gasteiger partial charge in [-0.3, -0.25) is 0 Å². The van der Waals surface area contributed by atoms with Crippen LogP contribution in [0.15, 0.2) is 18.2 Å². The van der Waals surface area contributed by atoms with Gasteiger partial charge in [0.15, 0.2) is 0 Å². The average molecular weight is 313 g/mol. The maximum Gasteiger partial charge on any atom is 0.315 e. The number of nitrogens with one attached hydrogen (secondary N) is 2. The molecule has 1 fully saturated rings. The Morgan fingerprint density at radius 3 is 2.95 bits per heavy atom. The van der Waals surface area contributed by atoms with E-state index in [1.807, 2.05) is 6.92 Å². The number of carbonyl (C=O) groups excluding carboxylic acids is 1. The van der Waals surface area contributed by atoms with Gasteiger partial charge in [-0.1, -0.05) is 0 Å². The van der Waals surface area contributed by atoms with Crippen LogP contribution < -0.4 is 15.5 Å². The smallest absolute Gasteiger partial charge is 0.315 e. The Hall–Kier alpha value is -1.89. The Kier molecular flexibility index (Phi) is 5.54. The van der Waals surface area contributed by atoms with Crippen molar-refractivity contribution in [2.75, 3.05) is 24.6 Å². The minimum atomic E-state index is -0.604. The lowest BCUT2D eigenvalue weighted by molar-refractivity contribution is 0.228. The molecule has 1 aliphatic rings. The summed E-state index contributed by atoms with van der Waals surface area (Å²) in [6.45, 7) is 2.90. The molecule has 0 saturated carbocycles. The fourth-order valence-corrected chi connectivity index (χ4v) is 2.55. The third kappa shape index (κ3) is 4.30. The molecule has 2 amide bonds. The van der Waals surface area contributed by atoms with Gasteiger partial charge < -0.3 is 20.6 Å². The van der Waals surface area contributed by atoms with Crippen LogP contribution in [0.2, 0.25) is 0 Å². The average Bonchev–Trinajstić information content (AvgIpc) is 2.86. The standard InChI is InChI=1S/C15H21F2N3O2/c1-10(5-7-21)18-15(22)19-12-4-6-20(9-12)14-3-2-11(16)8-13(14)17/h2-3,8,10,12,21H,4-7,9H2,1H3,(H2,18,19,22). The third-order valence-electron chi connectivity index (χ3n) is 3.71. The van der Waals surface area contributed by atoms with Crippen molar-refractivity contribution >= 4 is 11.7 Å². The van der Waals surface area contributed by atoms with Gasteiger partial charge >= 0.3 is 6.03 Å². The summed E-state index contributed by atoms with van der Waals surface area (Å²) in [5, 5.41) is 14.4. The molecule has 1 heterocycles. The van der Waals surface area contributed by atoms with E-state index < -0.39 is 11.6 Å². The van der Waals surface area contributed by atoms with Crippen molar-refractivity contribution in [2.45, 2.75) is 31.8 Å². The number of rotatable bonds is 5. The summed E-state index contributed by atoms with van der Waals surface area (Å²) in [5.74, 6) is -1.20. The Morgan fingerprint density at radius 1 is 1.50 bits per heavy atom. The Labute approximate surface area is 128 Å². The SMILES string of the molecule is CC(CCO)NC(=O)NC1CCN(c2ccc(F)cc2F)C1. The largest absolute Gasteiger partial charge is 0.396 e. The van der Waals surface area contributed by atoms with Gasteiger partial charge in [0.25, 0.3) is 0 Å². The number of benzene rings is 1. The number of aliphatic hydroxyl groups excluding tert-OH is 1. The van der Waals surface area contributed by atoms with E-state index in [1.165, 1.54) is 12.1 Å². The Balaban J connectivity index is 1.86. The molecule has 1 aromatic rings. The molecule has 1 saturated heterocycles. The lowest BCUT2D eigenvalue weighted by Crippen LogP contribution is -2.46. The fraction of sp³-hybridized carbons (Fsp3) is 0.533. The van der Waals surface area contributed by atoms with E-state index in [2.05, 4.69) is 10.6 Å². The van der Waals surface area contributed by atoms with Gasteiger partial charge in [0.05, 0.1) is 5.69 Å². The van der Waals surface area contributed by atoms with Crippen LogP contribution in [-0.2, 0) is 0 Å². The van der Waals surface area contributed by atoms with Gasteiger partial charge in [0.2, 0.25) is 0 Å². The number of anilines is 1. The first-order valence-electron chi connectivity index (χ1n) is 7.37. The molecule has 5 nitrogen and oxygen atoms in total. The molecular formula is C15H21F2N3O2. The molecule has 2 rings (SSSR count). The second-order valence-electron chi connectivity index (χ2n) is 5.56. The van der Waals surface area contributed by atoms with E-state index in [0.29, 0.717) is 31.6 Å². The molecule has 122 valence electrons. The number of amides is 2. The molecule has 7 heteroatoms. The summed E-state index contributed by atoms with van der Waals surface area (Å²) in [7, 11) is 0. The Bertz CT molecular complexity index is 528. The number of urea groups is 1. The second kappa shape index (κ2) is 7.40. The van der Waals surface area contributed by atoms with E-state index in [1.54, 1.807) is 4.90 Å². The minimum Gasteiger partial charge on any atom is -0.396 e. The molecule has 0 aliphatic carbocycles. The van der Waals surface area contributed by atoms with Crippen LogP contribution in [0.5, 0.6) is 0 Å². The van der Waals surface area contributed by atoms with Crippen molar-refractivity contribution in [3.8, 4) is 0 Å². The second-order valence-corrected chi connectivity index (χ2v) is 5.56. The summed E-state index contributed by atoms with van der Waals surface area (Å²) >= 11 is 0. The van der Waals surface area contributed by atoms with Crippen LogP contribution in [0.4, 0.5) is 19.3 Å². The molecule has 2 unspecified atom stereocenters. The topological polar surface area (TPSA) is 64.6 Å². The summed E-state index contributed by atoms with van der Waals surface area (Å²) in [4.78, 5) is 13.6. The van der Waals surface area contributed by atoms with E-state index in [-0.39, 0.29) is 24.7 Å². The molecule has 22 heavy (non-hydrogen) atoms. The van der Waals surface area contributed by atoms with Crippen molar-refractivity contribution in [3.63, 3.8) is 0 Å². The Morgan fingerprint density at radius 2 is 2.27 bits per heavy atom. The predicted octanol–water partition coefficient (Wildman–Crippen LogP) is 1.61. The summed E-state index contributed by atoms with van der Waals surface area (Å²) in [5.41, 5.74) is 0.347. The molecule has 2 atom stereocenters. The number of nitrogens with zero attached hydrogens (tertiary/aromatic N) is 1. The highest BCUT2D eigenvalue weighted by Gasteiger charge is 2.26. The quantitative estimate of drug-likeness (QED) is 0.774. The van der Waals surface area contributed by atoms with E-state index in [0.717, 1.165) is 6.07 Å². The van der Waals surface area contributed by atoms with Crippen LogP contribution in [0.25, 0.3) is 0 Å². The first-order valence-corrected chi connectivity index (χ1v) is 7.37. The van der Waals surface area contributed by atoms with Gasteiger partial charge in [0.1, 0.15) is 11.6 Å². The highest BCUT2D eigenvalue weighted by Crippen LogP contribution is 2.24. The number of hydrogen-bond donors (Lipinski definition) is 3. The van der Waals surface area contributed by atoms with Gasteiger partial charge in [-0.2, -0.15) is 0 Å². The van der Waals surface area contributed by atoms with Gasteiger partial charge in [-0.25, -0.2) is 13.6 Å². The number of hydrogen-bond acceptors (Lipinski definition) is 3. The molecule has 0 bridgehead atoms. The molecule has 0 radical (unpaired) electrons. The normalized spacial score (nSPS) is 19.1. The highest BCUT2D eigenvalue weighted by molar-refractivity contribution is 5.74. The fourth-order valence-electron chi connectivity index (χ4n) is 2.55. The summed E-state index contributed by atoms with van der Waals surface area (Å²) in [6, 6.07) is 2.99. The van der Waals surface area contributed by atoms with E-state index >= 15 is 0 Å². The van der Waals surface area contributed by atoms with Crippen molar-refractivity contribution < 1.29 is 18.7 Å². The van der Waals surface area contributed by atoms with Crippen LogP contribution in [-0.4, -0.2) is 42.9 Å². The first kappa shape index (κ1) is 16.5. The van der Waals surface area contributed by atoms with Crippen LogP contribution >= 0.6 is 0 Å². The van der Waals surface area contributed by atoms with Crippen molar-refractivity contribution in [3.05, 3.63) is 29.8 Å². The zero-order valence-electron chi connectivity index (χ0n) is 12.5. The predicted molar refractivity (Wildman–Crippen MR) is 79.8 cm³/mol. The maximum atomic E-state index is 13.7. The third-order valence-corrected chi connectivity index (χ3v) is 3.71. The lowest BCUT2D eigenvalue weighted by Gasteiger charge is -2.20.